The maximum Gasteiger partial charge on any atom is 0.338 e. The van der Waals surface area contributed by atoms with Crippen molar-refractivity contribution in [2.75, 3.05) is 0 Å². The Morgan fingerprint density at radius 3 is 2.70 bits per heavy atom. The molecule has 20 heavy (non-hydrogen) atoms. The third-order valence-electron chi connectivity index (χ3n) is 3.16. The number of aromatic carboxylic acids is 1. The number of nitrogens with one attached hydrogen (secondary N) is 1. The smallest absolute Gasteiger partial charge is 0.338 e. The molecule has 0 radical (unpaired) electrons. The number of aromatic nitrogens is 3. The Bertz CT molecular complexity index is 778. The molecule has 0 saturated heterocycles. The van der Waals surface area contributed by atoms with Gasteiger partial charge >= 0.3 is 5.97 Å². The molecule has 100 valence electrons. The van der Waals surface area contributed by atoms with Crippen LogP contribution in [0, 0.1) is 6.92 Å². The molecule has 0 fully saturated rings. The zero-order valence-electron chi connectivity index (χ0n) is 10.9. The molecule has 2 aromatic heterocycles. The first-order valence-corrected chi connectivity index (χ1v) is 6.27. The van der Waals surface area contributed by atoms with Crippen molar-refractivity contribution >= 4 is 17.0 Å². The normalized spacial score (nSPS) is 10.8. The zero-order chi connectivity index (χ0) is 14.1. The fourth-order valence-electron chi connectivity index (χ4n) is 2.32. The predicted octanol–water partition coefficient (Wildman–Crippen LogP) is 2.56. The zero-order valence-corrected chi connectivity index (χ0v) is 10.9. The first-order valence-electron chi connectivity index (χ1n) is 6.27. The van der Waals surface area contributed by atoms with E-state index in [1.54, 1.807) is 6.92 Å². The quantitative estimate of drug-likeness (QED) is 0.764. The van der Waals surface area contributed by atoms with E-state index in [9.17, 15) is 9.90 Å². The molecule has 0 atom stereocenters. The Kier molecular flexibility index (Phi) is 2.95. The van der Waals surface area contributed by atoms with Gasteiger partial charge in [-0.25, -0.2) is 14.8 Å². The number of aromatic amines is 1. The van der Waals surface area contributed by atoms with Crippen LogP contribution in [0.1, 0.15) is 27.4 Å². The highest BCUT2D eigenvalue weighted by Crippen LogP contribution is 2.22. The van der Waals surface area contributed by atoms with Crippen molar-refractivity contribution in [1.29, 1.82) is 0 Å². The summed E-state index contributed by atoms with van der Waals surface area (Å²) < 4.78 is 0. The van der Waals surface area contributed by atoms with Crippen LogP contribution in [-0.4, -0.2) is 26.0 Å². The van der Waals surface area contributed by atoms with E-state index in [1.165, 1.54) is 6.20 Å². The molecule has 0 spiro atoms. The third kappa shape index (κ3) is 2.14. The van der Waals surface area contributed by atoms with Crippen molar-refractivity contribution in [3.05, 3.63) is 59.2 Å². The van der Waals surface area contributed by atoms with Gasteiger partial charge in [0, 0.05) is 12.6 Å². The summed E-state index contributed by atoms with van der Waals surface area (Å²) >= 11 is 0. The molecule has 5 nitrogen and oxygen atoms in total. The maximum absolute atomic E-state index is 11.3. The van der Waals surface area contributed by atoms with Gasteiger partial charge in [-0.05, 0) is 12.5 Å². The maximum atomic E-state index is 11.3. The second-order valence-electron chi connectivity index (χ2n) is 4.61. The number of rotatable bonds is 3. The number of fused-ring (bicyclic) bond motifs is 1. The molecule has 2 N–H and O–H groups in total. The van der Waals surface area contributed by atoms with E-state index in [4.69, 9.17) is 0 Å². The molecule has 0 aliphatic rings. The number of nitrogens with zero attached hydrogens (tertiary/aromatic N) is 2. The molecule has 5 heteroatoms. The molecule has 2 heterocycles. The second kappa shape index (κ2) is 4.77. The van der Waals surface area contributed by atoms with Crippen molar-refractivity contribution in [3.63, 3.8) is 0 Å². The minimum absolute atomic E-state index is 0.214. The number of benzene rings is 1. The lowest BCUT2D eigenvalue weighted by Crippen LogP contribution is -2.02. The van der Waals surface area contributed by atoms with E-state index < -0.39 is 5.97 Å². The van der Waals surface area contributed by atoms with Gasteiger partial charge in [-0.1, -0.05) is 30.3 Å². The van der Waals surface area contributed by atoms with Gasteiger partial charge < -0.3 is 10.1 Å². The van der Waals surface area contributed by atoms with Gasteiger partial charge in [0.05, 0.1) is 16.6 Å². The predicted molar refractivity (Wildman–Crippen MR) is 74.8 cm³/mol. The number of hydrogen-bond acceptors (Lipinski definition) is 3. The average Bonchev–Trinajstić information content (AvgIpc) is 2.83. The largest absolute Gasteiger partial charge is 0.478 e. The van der Waals surface area contributed by atoms with Gasteiger partial charge in [0.1, 0.15) is 11.5 Å². The molecule has 0 aliphatic carbocycles. The number of carboxylic acid groups (broad SMARTS) is 1. The summed E-state index contributed by atoms with van der Waals surface area (Å²) in [5.74, 6) is -0.347. The van der Waals surface area contributed by atoms with Crippen molar-refractivity contribution in [3.8, 4) is 0 Å². The summed E-state index contributed by atoms with van der Waals surface area (Å²) in [5.41, 5.74) is 2.61. The number of carboxylic acids is 1. The number of aryl methyl sites for hydroxylation is 1. The molecular formula is C15H13N3O2. The van der Waals surface area contributed by atoms with Gasteiger partial charge in [-0.15, -0.1) is 0 Å². The van der Waals surface area contributed by atoms with E-state index in [1.807, 2.05) is 30.3 Å². The van der Waals surface area contributed by atoms with Crippen molar-refractivity contribution in [1.82, 2.24) is 15.0 Å². The van der Waals surface area contributed by atoms with Crippen molar-refractivity contribution in [2.24, 2.45) is 0 Å². The summed E-state index contributed by atoms with van der Waals surface area (Å²) in [7, 11) is 0. The second-order valence-corrected chi connectivity index (χ2v) is 4.61. The Hall–Kier alpha value is -2.69. The molecule has 0 unspecified atom stereocenters. The number of H-pyrrole nitrogens is 1. The monoisotopic (exact) mass is 267 g/mol. The van der Waals surface area contributed by atoms with Crippen LogP contribution in [0.25, 0.3) is 11.0 Å². The Labute approximate surface area is 115 Å². The van der Waals surface area contributed by atoms with Gasteiger partial charge in [-0.2, -0.15) is 0 Å². The Morgan fingerprint density at radius 1 is 1.25 bits per heavy atom. The molecule has 0 bridgehead atoms. The summed E-state index contributed by atoms with van der Waals surface area (Å²) in [5, 5.41) is 9.85. The van der Waals surface area contributed by atoms with Gasteiger partial charge in [0.15, 0.2) is 0 Å². The van der Waals surface area contributed by atoms with E-state index in [0.717, 1.165) is 11.3 Å². The topological polar surface area (TPSA) is 78.9 Å². The highest BCUT2D eigenvalue weighted by atomic mass is 16.4. The van der Waals surface area contributed by atoms with E-state index in [2.05, 4.69) is 15.0 Å². The van der Waals surface area contributed by atoms with Crippen LogP contribution >= 0.6 is 0 Å². The lowest BCUT2D eigenvalue weighted by atomic mass is 10.1. The van der Waals surface area contributed by atoms with E-state index in [0.29, 0.717) is 23.3 Å². The summed E-state index contributed by atoms with van der Waals surface area (Å²) in [6, 6.07) is 9.85. The van der Waals surface area contributed by atoms with E-state index >= 15 is 0 Å². The SMILES string of the molecule is Cc1nc(Cc2ccccc2)c2c(C(=O)O)c[nH]c2n1. The summed E-state index contributed by atoms with van der Waals surface area (Å²) in [6.45, 7) is 1.80. The first-order chi connectivity index (χ1) is 9.65. The Morgan fingerprint density at radius 2 is 2.00 bits per heavy atom. The molecule has 1 aromatic carbocycles. The molecule has 0 amide bonds. The van der Waals surface area contributed by atoms with Crippen LogP contribution in [0.5, 0.6) is 0 Å². The summed E-state index contributed by atoms with van der Waals surface area (Å²) in [4.78, 5) is 22.9. The number of carbonyl (C=O) groups is 1. The van der Waals surface area contributed by atoms with Crippen LogP contribution in [0.4, 0.5) is 0 Å². The van der Waals surface area contributed by atoms with Crippen LogP contribution in [0.15, 0.2) is 36.5 Å². The number of hydrogen-bond donors (Lipinski definition) is 2. The fourth-order valence-corrected chi connectivity index (χ4v) is 2.32. The van der Waals surface area contributed by atoms with Crippen LogP contribution < -0.4 is 0 Å². The Balaban J connectivity index is 2.18. The molecule has 3 rings (SSSR count). The fraction of sp³-hybridized carbons (Fsp3) is 0.133. The van der Waals surface area contributed by atoms with Crippen LogP contribution in [-0.2, 0) is 6.42 Å². The summed E-state index contributed by atoms with van der Waals surface area (Å²) in [6.07, 6.45) is 2.05. The molecule has 3 aromatic rings. The molecule has 0 saturated carbocycles. The van der Waals surface area contributed by atoms with Gasteiger partial charge in [0.2, 0.25) is 0 Å². The standard InChI is InChI=1S/C15H13N3O2/c1-9-17-12(7-10-5-3-2-4-6-10)13-11(15(19)20)8-16-14(13)18-9/h2-6,8H,7H2,1H3,(H,19,20)(H,16,17,18). The minimum Gasteiger partial charge on any atom is -0.478 e. The molecular weight excluding hydrogens is 254 g/mol. The third-order valence-corrected chi connectivity index (χ3v) is 3.16. The minimum atomic E-state index is -0.974. The van der Waals surface area contributed by atoms with Crippen molar-refractivity contribution < 1.29 is 9.90 Å². The van der Waals surface area contributed by atoms with Crippen LogP contribution in [0.3, 0.4) is 0 Å². The van der Waals surface area contributed by atoms with Gasteiger partial charge in [-0.3, -0.25) is 0 Å². The van der Waals surface area contributed by atoms with E-state index in [-0.39, 0.29) is 5.56 Å². The molecule has 0 aliphatic heterocycles. The van der Waals surface area contributed by atoms with Crippen molar-refractivity contribution in [2.45, 2.75) is 13.3 Å². The highest BCUT2D eigenvalue weighted by molar-refractivity contribution is 6.03. The highest BCUT2D eigenvalue weighted by Gasteiger charge is 2.17. The van der Waals surface area contributed by atoms with Gasteiger partial charge in [0.25, 0.3) is 0 Å². The lowest BCUT2D eigenvalue weighted by molar-refractivity contribution is 0.0699. The van der Waals surface area contributed by atoms with Crippen LogP contribution in [0.2, 0.25) is 0 Å². The average molecular weight is 267 g/mol. The lowest BCUT2D eigenvalue weighted by Gasteiger charge is -2.05. The first kappa shape index (κ1) is 12.3.